The van der Waals surface area contributed by atoms with Gasteiger partial charge in [0, 0.05) is 10.7 Å². The van der Waals surface area contributed by atoms with Crippen LogP contribution in [0.15, 0.2) is 59.8 Å². The van der Waals surface area contributed by atoms with E-state index in [9.17, 15) is 14.4 Å². The van der Waals surface area contributed by atoms with Crippen LogP contribution in [0.5, 0.6) is 5.75 Å². The third-order valence-electron chi connectivity index (χ3n) is 5.11. The van der Waals surface area contributed by atoms with Crippen LogP contribution < -0.4 is 15.4 Å². The van der Waals surface area contributed by atoms with Crippen LogP contribution in [0.2, 0.25) is 5.02 Å². The van der Waals surface area contributed by atoms with Crippen LogP contribution in [-0.4, -0.2) is 70.0 Å². The Balaban J connectivity index is 1.59. The number of ether oxygens (including phenoxy) is 2. The second-order valence-electron chi connectivity index (χ2n) is 7.80. The summed E-state index contributed by atoms with van der Waals surface area (Å²) in [6.45, 7) is -0.119. The molecule has 1 aromatic heterocycles. The smallest absolute Gasteiger partial charge is 0.328 e. The van der Waals surface area contributed by atoms with Gasteiger partial charge in [-0.1, -0.05) is 41.6 Å². The first-order valence-corrected chi connectivity index (χ1v) is 14.3. The van der Waals surface area contributed by atoms with Crippen LogP contribution in [0, 0.1) is 0 Å². The Morgan fingerprint density at radius 1 is 1.05 bits per heavy atom. The van der Waals surface area contributed by atoms with Gasteiger partial charge in [-0.25, -0.2) is 4.79 Å². The zero-order valence-corrected chi connectivity index (χ0v) is 23.3. The fourth-order valence-corrected chi connectivity index (χ4v) is 4.63. The van der Waals surface area contributed by atoms with Crippen LogP contribution in [0.1, 0.15) is 12.2 Å². The van der Waals surface area contributed by atoms with Crippen molar-refractivity contribution in [2.75, 3.05) is 31.4 Å². The van der Waals surface area contributed by atoms with E-state index < -0.39 is 17.9 Å². The quantitative estimate of drug-likeness (QED) is 0.220. The lowest BCUT2D eigenvalue weighted by Crippen LogP contribution is -2.46. The van der Waals surface area contributed by atoms with Crippen LogP contribution in [-0.2, 0) is 25.7 Å². The highest BCUT2D eigenvalue weighted by molar-refractivity contribution is 7.99. The van der Waals surface area contributed by atoms with E-state index in [2.05, 4.69) is 20.8 Å². The molecule has 1 unspecified atom stereocenters. The summed E-state index contributed by atoms with van der Waals surface area (Å²) in [4.78, 5) is 36.6. The highest BCUT2D eigenvalue weighted by atomic mass is 35.5. The summed E-state index contributed by atoms with van der Waals surface area (Å²) in [6, 6.07) is 15.7. The molecule has 2 N–H and O–H groups in total. The molecule has 2 aromatic carbocycles. The largest absolute Gasteiger partial charge is 0.486 e. The van der Waals surface area contributed by atoms with Crippen LogP contribution >= 0.6 is 35.1 Å². The molecule has 10 nitrogen and oxygen atoms in total. The fourth-order valence-electron chi connectivity index (χ4n) is 3.23. The van der Waals surface area contributed by atoms with Crippen molar-refractivity contribution in [2.45, 2.75) is 24.2 Å². The van der Waals surface area contributed by atoms with Crippen molar-refractivity contribution in [1.82, 2.24) is 25.4 Å². The van der Waals surface area contributed by atoms with Gasteiger partial charge in [-0.15, -0.1) is 10.2 Å². The molecule has 2 amide bonds. The number of methoxy groups -OCH3 is 1. The molecule has 0 fully saturated rings. The zero-order valence-electron chi connectivity index (χ0n) is 20.9. The number of amides is 2. The van der Waals surface area contributed by atoms with E-state index in [1.165, 1.54) is 18.9 Å². The molecule has 0 saturated heterocycles. The van der Waals surface area contributed by atoms with Crippen molar-refractivity contribution >= 4 is 52.9 Å². The lowest BCUT2D eigenvalue weighted by atomic mass is 10.2. The average molecular weight is 578 g/mol. The van der Waals surface area contributed by atoms with Gasteiger partial charge in [0.15, 0.2) is 11.0 Å². The molecular formula is C25H28ClN5O5S2. The Morgan fingerprint density at radius 2 is 1.79 bits per heavy atom. The SMILES string of the molecule is COC(=O)C(CCSC)NC(=O)CNC(=O)CSc1nnc(COc2ccc(Cl)cc2)n1-c1ccccc1. The van der Waals surface area contributed by atoms with Crippen molar-refractivity contribution in [1.29, 1.82) is 0 Å². The van der Waals surface area contributed by atoms with Gasteiger partial charge in [0.2, 0.25) is 11.8 Å². The van der Waals surface area contributed by atoms with Gasteiger partial charge in [0.1, 0.15) is 18.4 Å². The normalized spacial score (nSPS) is 11.4. The maximum atomic E-state index is 12.5. The van der Waals surface area contributed by atoms with E-state index in [1.54, 1.807) is 36.0 Å². The second-order valence-corrected chi connectivity index (χ2v) is 10.2. The molecule has 3 aromatic rings. The summed E-state index contributed by atoms with van der Waals surface area (Å²) in [5.74, 6) is 0.491. The molecule has 0 saturated carbocycles. The number of nitrogens with zero attached hydrogens (tertiary/aromatic N) is 3. The minimum Gasteiger partial charge on any atom is -0.486 e. The highest BCUT2D eigenvalue weighted by Gasteiger charge is 2.21. The number of nitrogens with one attached hydrogen (secondary N) is 2. The van der Waals surface area contributed by atoms with Crippen LogP contribution in [0.3, 0.4) is 0 Å². The molecule has 0 bridgehead atoms. The average Bonchev–Trinajstić information content (AvgIpc) is 3.35. The third-order valence-corrected chi connectivity index (χ3v) is 6.93. The van der Waals surface area contributed by atoms with Gasteiger partial charge in [-0.2, -0.15) is 11.8 Å². The fraction of sp³-hybridized carbons (Fsp3) is 0.320. The molecule has 0 aliphatic rings. The van der Waals surface area contributed by atoms with Gasteiger partial charge in [-0.3, -0.25) is 14.2 Å². The number of hydrogen-bond donors (Lipinski definition) is 2. The number of halogens is 1. The Hall–Kier alpha value is -3.22. The second kappa shape index (κ2) is 15.3. The van der Waals surface area contributed by atoms with E-state index in [1.807, 2.05) is 41.2 Å². The van der Waals surface area contributed by atoms with E-state index in [-0.39, 0.29) is 24.8 Å². The molecule has 202 valence electrons. The summed E-state index contributed by atoms with van der Waals surface area (Å²) in [6.07, 6.45) is 2.34. The Kier molecular flexibility index (Phi) is 11.8. The Labute approximate surface area is 234 Å². The number of para-hydroxylation sites is 1. The number of thioether (sulfide) groups is 2. The lowest BCUT2D eigenvalue weighted by Gasteiger charge is -2.16. The molecule has 0 aliphatic heterocycles. The number of carbonyl (C=O) groups is 3. The van der Waals surface area contributed by atoms with Crippen molar-refractivity contribution in [3.05, 3.63) is 65.4 Å². The van der Waals surface area contributed by atoms with Gasteiger partial charge in [0.25, 0.3) is 0 Å². The van der Waals surface area contributed by atoms with Crippen molar-refractivity contribution < 1.29 is 23.9 Å². The zero-order chi connectivity index (χ0) is 27.3. The number of rotatable bonds is 14. The number of aromatic nitrogens is 3. The number of esters is 1. The van der Waals surface area contributed by atoms with E-state index in [0.717, 1.165) is 5.69 Å². The van der Waals surface area contributed by atoms with Crippen molar-refractivity contribution in [2.24, 2.45) is 0 Å². The maximum absolute atomic E-state index is 12.5. The van der Waals surface area contributed by atoms with Crippen LogP contribution in [0.4, 0.5) is 0 Å². The van der Waals surface area contributed by atoms with Crippen LogP contribution in [0.25, 0.3) is 5.69 Å². The maximum Gasteiger partial charge on any atom is 0.328 e. The summed E-state index contributed by atoms with van der Waals surface area (Å²) >= 11 is 8.67. The van der Waals surface area contributed by atoms with Crippen molar-refractivity contribution in [3.63, 3.8) is 0 Å². The summed E-state index contributed by atoms with van der Waals surface area (Å²) < 4.78 is 12.4. The van der Waals surface area contributed by atoms with Gasteiger partial charge in [0.05, 0.1) is 19.4 Å². The standard InChI is InChI=1S/C25H28ClN5O5S2/c1-35-24(34)20(12-13-37-2)28-22(32)14-27-23(33)16-38-25-30-29-21(31(25)18-6-4-3-5-7-18)15-36-19-10-8-17(26)9-11-19/h3-11,20H,12-16H2,1-2H3,(H,27,33)(H,28,32). The number of benzene rings is 2. The first-order valence-electron chi connectivity index (χ1n) is 11.5. The Bertz CT molecular complexity index is 1210. The molecule has 1 heterocycles. The summed E-state index contributed by atoms with van der Waals surface area (Å²) in [5, 5.41) is 14.8. The molecule has 13 heteroatoms. The van der Waals surface area contributed by atoms with Crippen molar-refractivity contribution in [3.8, 4) is 11.4 Å². The molecular weight excluding hydrogens is 550 g/mol. The Morgan fingerprint density at radius 3 is 2.47 bits per heavy atom. The highest BCUT2D eigenvalue weighted by Crippen LogP contribution is 2.23. The predicted molar refractivity (Wildman–Crippen MR) is 148 cm³/mol. The first-order chi connectivity index (χ1) is 18.4. The van der Waals surface area contributed by atoms with Gasteiger partial charge >= 0.3 is 5.97 Å². The molecule has 0 spiro atoms. The topological polar surface area (TPSA) is 124 Å². The minimum absolute atomic E-state index is 0.00317. The van der Waals surface area contributed by atoms with Gasteiger partial charge < -0.3 is 20.1 Å². The third kappa shape index (κ3) is 8.96. The summed E-state index contributed by atoms with van der Waals surface area (Å²) in [5.41, 5.74) is 0.814. The molecule has 1 atom stereocenters. The molecule has 0 radical (unpaired) electrons. The minimum atomic E-state index is -0.760. The number of hydrogen-bond acceptors (Lipinski definition) is 9. The van der Waals surface area contributed by atoms with E-state index >= 15 is 0 Å². The van der Waals surface area contributed by atoms with Gasteiger partial charge in [-0.05, 0) is 54.8 Å². The molecule has 38 heavy (non-hydrogen) atoms. The predicted octanol–water partition coefficient (Wildman–Crippen LogP) is 3.12. The first kappa shape index (κ1) is 29.3. The number of carbonyl (C=O) groups excluding carboxylic acids is 3. The van der Waals surface area contributed by atoms with E-state index in [4.69, 9.17) is 21.1 Å². The monoisotopic (exact) mass is 577 g/mol. The van der Waals surface area contributed by atoms with E-state index in [0.29, 0.717) is 33.9 Å². The lowest BCUT2D eigenvalue weighted by molar-refractivity contribution is -0.145. The molecule has 3 rings (SSSR count). The summed E-state index contributed by atoms with van der Waals surface area (Å²) in [7, 11) is 1.27. The molecule has 0 aliphatic carbocycles.